The maximum absolute atomic E-state index is 12.4. The summed E-state index contributed by atoms with van der Waals surface area (Å²) >= 11 is 1.29. The van der Waals surface area contributed by atoms with Gasteiger partial charge in [0.2, 0.25) is 0 Å². The number of sulfone groups is 1. The molecule has 152 valence electrons. The molecule has 0 aliphatic carbocycles. The van der Waals surface area contributed by atoms with Crippen LogP contribution in [0.5, 0.6) is 0 Å². The number of benzene rings is 2. The lowest BCUT2D eigenvalue weighted by Crippen LogP contribution is -2.20. The molecule has 2 heterocycles. The molecule has 1 aromatic heterocycles. The number of amidine groups is 1. The second-order valence-electron chi connectivity index (χ2n) is 6.97. The fourth-order valence-corrected chi connectivity index (χ4v) is 4.60. The van der Waals surface area contributed by atoms with Gasteiger partial charge in [0.05, 0.1) is 21.4 Å². The Bertz CT molecular complexity index is 1300. The minimum absolute atomic E-state index is 0.190. The van der Waals surface area contributed by atoms with Gasteiger partial charge in [-0.25, -0.2) is 8.42 Å². The van der Waals surface area contributed by atoms with Gasteiger partial charge < -0.3 is 5.32 Å². The number of pyridine rings is 1. The van der Waals surface area contributed by atoms with Gasteiger partial charge in [-0.3, -0.25) is 14.8 Å². The molecule has 1 saturated heterocycles. The Kier molecular flexibility index (Phi) is 5.44. The first-order valence-electron chi connectivity index (χ1n) is 9.23. The van der Waals surface area contributed by atoms with Gasteiger partial charge in [0.25, 0.3) is 5.91 Å². The third-order valence-electron chi connectivity index (χ3n) is 4.68. The van der Waals surface area contributed by atoms with Crippen molar-refractivity contribution in [1.82, 2.24) is 10.3 Å². The van der Waals surface area contributed by atoms with Crippen LogP contribution < -0.4 is 5.32 Å². The fraction of sp³-hybridized carbons (Fsp3) is 0.136. The quantitative estimate of drug-likeness (QED) is 0.624. The van der Waals surface area contributed by atoms with E-state index in [1.807, 2.05) is 43.3 Å². The molecule has 30 heavy (non-hydrogen) atoms. The van der Waals surface area contributed by atoms with Gasteiger partial charge in [-0.05, 0) is 66.2 Å². The first-order valence-corrected chi connectivity index (χ1v) is 11.9. The van der Waals surface area contributed by atoms with Crippen LogP contribution in [0.25, 0.3) is 17.0 Å². The Morgan fingerprint density at radius 3 is 2.63 bits per heavy atom. The molecule has 1 atom stereocenters. The van der Waals surface area contributed by atoms with Gasteiger partial charge in [0, 0.05) is 17.8 Å². The summed E-state index contributed by atoms with van der Waals surface area (Å²) in [6.07, 6.45) is 4.76. The Morgan fingerprint density at radius 2 is 1.90 bits per heavy atom. The van der Waals surface area contributed by atoms with E-state index in [1.54, 1.807) is 30.5 Å². The van der Waals surface area contributed by atoms with Gasteiger partial charge in [0.1, 0.15) is 0 Å². The van der Waals surface area contributed by atoms with E-state index in [1.165, 1.54) is 18.0 Å². The Labute approximate surface area is 179 Å². The molecule has 8 heteroatoms. The summed E-state index contributed by atoms with van der Waals surface area (Å²) in [6, 6.07) is 16.1. The number of carbonyl (C=O) groups excluding carboxylic acids is 1. The highest BCUT2D eigenvalue weighted by atomic mass is 32.2. The van der Waals surface area contributed by atoms with Crippen LogP contribution >= 0.6 is 11.8 Å². The molecule has 6 nitrogen and oxygen atoms in total. The molecule has 0 radical (unpaired) electrons. The van der Waals surface area contributed by atoms with Crippen LogP contribution in [0.1, 0.15) is 24.1 Å². The fourth-order valence-electron chi connectivity index (χ4n) is 3.07. The molecule has 1 amide bonds. The molecule has 1 unspecified atom stereocenters. The second-order valence-corrected chi connectivity index (χ2v) is 10.0. The van der Waals surface area contributed by atoms with E-state index in [2.05, 4.69) is 15.3 Å². The van der Waals surface area contributed by atoms with Crippen LogP contribution in [0.3, 0.4) is 0 Å². The van der Waals surface area contributed by atoms with Gasteiger partial charge in [-0.15, -0.1) is 0 Å². The Balaban J connectivity index is 1.53. The lowest BCUT2D eigenvalue weighted by Gasteiger charge is -2.08. The van der Waals surface area contributed by atoms with Crippen molar-refractivity contribution in [2.45, 2.75) is 17.9 Å². The van der Waals surface area contributed by atoms with Crippen molar-refractivity contribution in [1.29, 1.82) is 0 Å². The molecule has 0 spiro atoms. The maximum atomic E-state index is 12.4. The summed E-state index contributed by atoms with van der Waals surface area (Å²) < 4.78 is 23.2. The number of nitrogens with zero attached hydrogens (tertiary/aromatic N) is 2. The average molecular weight is 438 g/mol. The van der Waals surface area contributed by atoms with Crippen molar-refractivity contribution in [3.8, 4) is 0 Å². The number of rotatable bonds is 4. The first-order chi connectivity index (χ1) is 14.3. The molecule has 0 saturated carbocycles. The van der Waals surface area contributed by atoms with Crippen molar-refractivity contribution in [2.75, 3.05) is 6.26 Å². The number of nitrogens with one attached hydrogen (secondary N) is 1. The monoisotopic (exact) mass is 437 g/mol. The van der Waals surface area contributed by atoms with Gasteiger partial charge in [0.15, 0.2) is 15.0 Å². The number of aliphatic imine (C=N–C) groups is 1. The number of hydrogen-bond donors (Lipinski definition) is 1. The number of amides is 1. The summed E-state index contributed by atoms with van der Waals surface area (Å²) in [4.78, 5) is 22.1. The van der Waals surface area contributed by atoms with Crippen molar-refractivity contribution in [3.63, 3.8) is 0 Å². The number of carbonyl (C=O) groups is 1. The van der Waals surface area contributed by atoms with Crippen LogP contribution in [-0.2, 0) is 14.6 Å². The van der Waals surface area contributed by atoms with E-state index in [-0.39, 0.29) is 16.8 Å². The van der Waals surface area contributed by atoms with Gasteiger partial charge >= 0.3 is 0 Å². The Morgan fingerprint density at radius 1 is 1.13 bits per heavy atom. The predicted molar refractivity (Wildman–Crippen MR) is 121 cm³/mol. The highest BCUT2D eigenvalue weighted by molar-refractivity contribution is 8.18. The van der Waals surface area contributed by atoms with Crippen molar-refractivity contribution < 1.29 is 13.2 Å². The topological polar surface area (TPSA) is 88.5 Å². The zero-order chi connectivity index (χ0) is 21.3. The van der Waals surface area contributed by atoms with Gasteiger partial charge in [-0.1, -0.05) is 24.3 Å². The molecule has 4 rings (SSSR count). The van der Waals surface area contributed by atoms with E-state index in [0.717, 1.165) is 22.0 Å². The highest BCUT2D eigenvalue weighted by Gasteiger charge is 2.24. The summed E-state index contributed by atoms with van der Waals surface area (Å²) in [5.74, 6) is -0.190. The molecule has 0 bridgehead atoms. The van der Waals surface area contributed by atoms with Crippen molar-refractivity contribution >= 4 is 49.7 Å². The van der Waals surface area contributed by atoms with E-state index < -0.39 is 9.84 Å². The number of aromatic nitrogens is 1. The molecule has 3 aromatic rings. The third-order valence-corrected chi connectivity index (χ3v) is 6.73. The number of thioether (sulfide) groups is 1. The van der Waals surface area contributed by atoms with Crippen LogP contribution in [0.4, 0.5) is 0 Å². The minimum Gasteiger partial charge on any atom is -0.301 e. The van der Waals surface area contributed by atoms with Crippen LogP contribution in [0, 0.1) is 0 Å². The zero-order valence-corrected chi connectivity index (χ0v) is 18.0. The molecule has 1 aliphatic rings. The number of hydrogen-bond acceptors (Lipinski definition) is 6. The normalized spacial score (nSPS) is 18.1. The minimum atomic E-state index is -3.23. The molecular weight excluding hydrogens is 418 g/mol. The van der Waals surface area contributed by atoms with Crippen molar-refractivity contribution in [2.24, 2.45) is 4.99 Å². The van der Waals surface area contributed by atoms with E-state index >= 15 is 0 Å². The predicted octanol–water partition coefficient (Wildman–Crippen LogP) is 3.96. The van der Waals surface area contributed by atoms with E-state index in [4.69, 9.17) is 0 Å². The maximum Gasteiger partial charge on any atom is 0.264 e. The summed E-state index contributed by atoms with van der Waals surface area (Å²) in [5.41, 5.74) is 2.68. The highest BCUT2D eigenvalue weighted by Crippen LogP contribution is 2.29. The van der Waals surface area contributed by atoms with Crippen LogP contribution in [0.15, 0.2) is 75.6 Å². The van der Waals surface area contributed by atoms with E-state index in [0.29, 0.717) is 10.1 Å². The lowest BCUT2D eigenvalue weighted by atomic mass is 10.1. The lowest BCUT2D eigenvalue weighted by molar-refractivity contribution is -0.115. The van der Waals surface area contributed by atoms with E-state index in [9.17, 15) is 13.2 Å². The largest absolute Gasteiger partial charge is 0.301 e. The third kappa shape index (κ3) is 4.44. The average Bonchev–Trinajstić information content (AvgIpc) is 3.06. The zero-order valence-electron chi connectivity index (χ0n) is 16.4. The smallest absolute Gasteiger partial charge is 0.264 e. The van der Waals surface area contributed by atoms with Crippen LogP contribution in [0.2, 0.25) is 0 Å². The first kappa shape index (κ1) is 20.3. The van der Waals surface area contributed by atoms with Gasteiger partial charge in [-0.2, -0.15) is 0 Å². The molecule has 2 aromatic carbocycles. The van der Waals surface area contributed by atoms with Crippen LogP contribution in [-0.4, -0.2) is 30.7 Å². The molecule has 1 N–H and O–H groups in total. The standard InChI is InChI=1S/C22H19N3O3S2/c1-14(16-6-8-18(9-7-16)30(2,27)28)24-22-25-21(26)20(29-22)13-15-5-10-19-17(12-15)4-3-11-23-19/h3-14H,1-2H3,(H,24,25,26)/b20-13-. The van der Waals surface area contributed by atoms with Crippen molar-refractivity contribution in [3.05, 3.63) is 76.8 Å². The Hall–Kier alpha value is -2.97. The SMILES string of the molecule is CC(N=C1NC(=O)/C(=C/c2ccc3ncccc3c2)S1)c1ccc(S(C)(=O)=O)cc1. The molecule has 1 aliphatic heterocycles. The number of fused-ring (bicyclic) bond motifs is 1. The second kappa shape index (κ2) is 8.04. The summed E-state index contributed by atoms with van der Waals surface area (Å²) in [6.45, 7) is 1.90. The summed E-state index contributed by atoms with van der Waals surface area (Å²) in [7, 11) is -3.23. The molecular formula is C22H19N3O3S2. The summed E-state index contributed by atoms with van der Waals surface area (Å²) in [5, 5.41) is 4.33. The molecule has 1 fully saturated rings.